The molecule has 1 unspecified atom stereocenters. The zero-order chi connectivity index (χ0) is 20.0. The van der Waals surface area contributed by atoms with E-state index in [1.165, 1.54) is 30.3 Å². The number of fused-ring (bicyclic) bond motifs is 1. The normalized spacial score (nSPS) is 21.6. The van der Waals surface area contributed by atoms with Gasteiger partial charge in [0.1, 0.15) is 23.5 Å². The molecule has 1 aliphatic carbocycles. The van der Waals surface area contributed by atoms with Gasteiger partial charge >= 0.3 is 0 Å². The summed E-state index contributed by atoms with van der Waals surface area (Å²) in [7, 11) is 0. The van der Waals surface area contributed by atoms with Crippen molar-refractivity contribution < 1.29 is 18.1 Å². The molecule has 2 heterocycles. The fraction of sp³-hybridized carbons (Fsp3) is 0. The first kappa shape index (κ1) is 17.4. The van der Waals surface area contributed by atoms with Gasteiger partial charge in [0, 0.05) is 11.6 Å². The number of nitrogens with two attached hydrogens (primary N) is 1. The van der Waals surface area contributed by atoms with E-state index in [2.05, 4.69) is 9.98 Å². The van der Waals surface area contributed by atoms with Gasteiger partial charge in [-0.1, -0.05) is 24.3 Å². The predicted molar refractivity (Wildman–Crippen MR) is 106 cm³/mol. The lowest BCUT2D eigenvalue weighted by Gasteiger charge is -2.26. The van der Waals surface area contributed by atoms with Gasteiger partial charge in [-0.15, -0.1) is 4.59 Å². The first-order valence-corrected chi connectivity index (χ1v) is 8.89. The topological polar surface area (TPSA) is 60.0 Å². The highest BCUT2D eigenvalue weighted by atomic mass is 19.1. The smallest absolute Gasteiger partial charge is 0.265 e. The van der Waals surface area contributed by atoms with E-state index in [4.69, 9.17) is 10.6 Å². The van der Waals surface area contributed by atoms with Crippen LogP contribution in [0, 0.1) is 11.6 Å². The van der Waals surface area contributed by atoms with Gasteiger partial charge in [0.2, 0.25) is 5.70 Å². The Labute approximate surface area is 165 Å². The lowest BCUT2D eigenvalue weighted by atomic mass is 10.0. The van der Waals surface area contributed by atoms with Gasteiger partial charge in [0.15, 0.2) is 11.6 Å². The minimum atomic E-state index is -0.603. The number of nitrogens with zero attached hydrogens (tertiary/aromatic N) is 3. The molecule has 5 nitrogen and oxygen atoms in total. The molecular formula is C22H15F2N4O+. The van der Waals surface area contributed by atoms with Crippen LogP contribution in [0.15, 0.2) is 100 Å². The Kier molecular flexibility index (Phi) is 3.87. The first-order chi connectivity index (χ1) is 14.0. The number of amidine groups is 1. The fourth-order valence-electron chi connectivity index (χ4n) is 3.32. The van der Waals surface area contributed by atoms with E-state index in [1.54, 1.807) is 30.7 Å². The standard InChI is InChI=1S/C22H15F2N4O/c23-16-5-2-6-17(12-16)29-20-8-7-15(11-18(20)24)22-27-21(14-3-1-4-14)19-13-26-9-10-28(19,22)25/h1-13H,25H2/q+1. The molecule has 1 atom stereocenters. The summed E-state index contributed by atoms with van der Waals surface area (Å²) in [5, 5.41) is 0. The number of halogens is 2. The van der Waals surface area contributed by atoms with Crippen molar-refractivity contribution >= 4 is 12.1 Å². The largest absolute Gasteiger partial charge is 0.454 e. The second-order valence-corrected chi connectivity index (χ2v) is 6.71. The molecule has 0 radical (unpaired) electrons. The molecule has 2 N–H and O–H groups in total. The van der Waals surface area contributed by atoms with Crippen molar-refractivity contribution in [3.8, 4) is 11.5 Å². The molecular weight excluding hydrogens is 374 g/mol. The average molecular weight is 389 g/mol. The van der Waals surface area contributed by atoms with Gasteiger partial charge in [-0.3, -0.25) is 4.99 Å². The van der Waals surface area contributed by atoms with Crippen LogP contribution in [0.1, 0.15) is 5.56 Å². The average Bonchev–Trinajstić information content (AvgIpc) is 2.95. The zero-order valence-electron chi connectivity index (χ0n) is 15.1. The summed E-state index contributed by atoms with van der Waals surface area (Å²) >= 11 is 0. The van der Waals surface area contributed by atoms with Crippen molar-refractivity contribution in [2.24, 2.45) is 15.8 Å². The molecule has 3 aliphatic rings. The van der Waals surface area contributed by atoms with Gasteiger partial charge in [-0.2, -0.15) is 10.8 Å². The monoisotopic (exact) mass is 389 g/mol. The van der Waals surface area contributed by atoms with Crippen LogP contribution in [0.2, 0.25) is 0 Å². The number of aliphatic imine (C=N–C) groups is 2. The third kappa shape index (κ3) is 2.84. The number of allylic oxidation sites excluding steroid dienone is 4. The van der Waals surface area contributed by atoms with Crippen LogP contribution in [0.3, 0.4) is 0 Å². The Morgan fingerprint density at radius 1 is 1.07 bits per heavy atom. The molecule has 0 spiro atoms. The summed E-state index contributed by atoms with van der Waals surface area (Å²) in [4.78, 5) is 8.85. The van der Waals surface area contributed by atoms with Gasteiger partial charge in [-0.05, 0) is 30.3 Å². The Balaban J connectivity index is 1.51. The zero-order valence-corrected chi connectivity index (χ0v) is 15.1. The minimum absolute atomic E-state index is 0.0182. The number of hydrogen-bond acceptors (Lipinski definition) is 4. The van der Waals surface area contributed by atoms with Crippen molar-refractivity contribution in [3.05, 3.63) is 107 Å². The van der Waals surface area contributed by atoms with Crippen molar-refractivity contribution in [3.63, 3.8) is 0 Å². The second kappa shape index (κ2) is 6.44. The maximum atomic E-state index is 14.8. The van der Waals surface area contributed by atoms with Crippen LogP contribution in [-0.2, 0) is 0 Å². The number of ether oxygens (including phenoxy) is 1. The van der Waals surface area contributed by atoms with E-state index in [1.807, 2.05) is 18.2 Å². The number of hydrogen-bond donors (Lipinski definition) is 1. The van der Waals surface area contributed by atoms with E-state index < -0.39 is 11.6 Å². The quantitative estimate of drug-likeness (QED) is 0.620. The van der Waals surface area contributed by atoms with Gasteiger partial charge in [0.05, 0.1) is 18.0 Å². The Morgan fingerprint density at radius 2 is 1.93 bits per heavy atom. The molecule has 0 fully saturated rings. The van der Waals surface area contributed by atoms with E-state index in [-0.39, 0.29) is 16.1 Å². The molecule has 142 valence electrons. The fourth-order valence-corrected chi connectivity index (χ4v) is 3.32. The maximum Gasteiger partial charge on any atom is 0.265 e. The Hall–Kier alpha value is -3.68. The van der Waals surface area contributed by atoms with Gasteiger partial charge in [-0.25, -0.2) is 8.78 Å². The second-order valence-electron chi connectivity index (χ2n) is 6.71. The van der Waals surface area contributed by atoms with Crippen LogP contribution in [0.25, 0.3) is 0 Å². The van der Waals surface area contributed by atoms with Crippen LogP contribution < -0.4 is 10.6 Å². The third-order valence-electron chi connectivity index (χ3n) is 4.83. The molecule has 0 bridgehead atoms. The number of benzene rings is 2. The maximum absolute atomic E-state index is 14.8. The predicted octanol–water partition coefficient (Wildman–Crippen LogP) is 4.47. The van der Waals surface area contributed by atoms with E-state index in [9.17, 15) is 8.78 Å². The number of rotatable bonds is 4. The van der Waals surface area contributed by atoms with Crippen LogP contribution in [0.4, 0.5) is 8.78 Å². The lowest BCUT2D eigenvalue weighted by molar-refractivity contribution is -0.750. The van der Waals surface area contributed by atoms with Crippen molar-refractivity contribution in [1.29, 1.82) is 0 Å². The summed E-state index contributed by atoms with van der Waals surface area (Å²) in [5.41, 5.74) is 2.86. The van der Waals surface area contributed by atoms with Crippen LogP contribution >= 0.6 is 0 Å². The molecule has 0 saturated carbocycles. The highest BCUT2D eigenvalue weighted by Crippen LogP contribution is 2.37. The molecule has 5 rings (SSSR count). The SMILES string of the molecule is N[N+]12C=CN=CC1=C(C1=CC=C1)N=C2c1ccc(Oc2cccc(F)c2)c(F)c1. The third-order valence-corrected chi connectivity index (χ3v) is 4.83. The Morgan fingerprint density at radius 3 is 2.66 bits per heavy atom. The van der Waals surface area contributed by atoms with E-state index in [0.717, 1.165) is 5.57 Å². The summed E-state index contributed by atoms with van der Waals surface area (Å²) in [6.45, 7) is 0. The van der Waals surface area contributed by atoms with Crippen molar-refractivity contribution in [2.45, 2.75) is 0 Å². The molecule has 29 heavy (non-hydrogen) atoms. The van der Waals surface area contributed by atoms with Crippen molar-refractivity contribution in [2.75, 3.05) is 0 Å². The molecule has 0 amide bonds. The van der Waals surface area contributed by atoms with E-state index in [0.29, 0.717) is 22.8 Å². The summed E-state index contributed by atoms with van der Waals surface area (Å²) in [5.74, 6) is 6.20. The van der Waals surface area contributed by atoms with Crippen LogP contribution in [-0.4, -0.2) is 16.6 Å². The first-order valence-electron chi connectivity index (χ1n) is 8.89. The highest BCUT2D eigenvalue weighted by Gasteiger charge is 2.45. The van der Waals surface area contributed by atoms with E-state index >= 15 is 0 Å². The minimum Gasteiger partial charge on any atom is -0.454 e. The molecule has 2 aliphatic heterocycles. The summed E-state index contributed by atoms with van der Waals surface area (Å²) < 4.78 is 33.4. The molecule has 0 aromatic heterocycles. The van der Waals surface area contributed by atoms with Crippen molar-refractivity contribution in [1.82, 2.24) is 0 Å². The summed E-state index contributed by atoms with van der Waals surface area (Å²) in [6, 6.07) is 9.99. The lowest BCUT2D eigenvalue weighted by Crippen LogP contribution is -2.53. The molecule has 2 aromatic carbocycles. The number of quaternary nitrogens is 1. The molecule has 0 saturated heterocycles. The highest BCUT2D eigenvalue weighted by molar-refractivity contribution is 6.01. The van der Waals surface area contributed by atoms with Crippen LogP contribution in [0.5, 0.6) is 11.5 Å². The molecule has 2 aromatic rings. The van der Waals surface area contributed by atoms with Gasteiger partial charge in [0.25, 0.3) is 5.84 Å². The summed E-state index contributed by atoms with van der Waals surface area (Å²) in [6.07, 6.45) is 10.7. The Bertz CT molecular complexity index is 1220. The molecule has 7 heteroatoms. The van der Waals surface area contributed by atoms with Gasteiger partial charge < -0.3 is 4.74 Å².